The number of amides is 2. The molecule has 1 aromatic carbocycles. The van der Waals surface area contributed by atoms with Gasteiger partial charge in [0.25, 0.3) is 0 Å². The zero-order chi connectivity index (χ0) is 18.4. The van der Waals surface area contributed by atoms with E-state index in [0.717, 1.165) is 11.3 Å². The Morgan fingerprint density at radius 2 is 2.00 bits per heavy atom. The van der Waals surface area contributed by atoms with Gasteiger partial charge in [0.15, 0.2) is 0 Å². The second-order valence-electron chi connectivity index (χ2n) is 5.68. The number of hydrogen-bond donors (Lipinski definition) is 2. The monoisotopic (exact) mass is 348 g/mol. The molecule has 1 aromatic heterocycles. The van der Waals surface area contributed by atoms with Gasteiger partial charge in [-0.25, -0.2) is 9.18 Å². The topological polar surface area (TPSA) is 85.2 Å². The number of hydrogen-bond acceptors (Lipinski definition) is 4. The minimum Gasteiger partial charge on any atom is -0.469 e. The first-order chi connectivity index (χ1) is 11.9. The first-order valence-corrected chi connectivity index (χ1v) is 7.77. The van der Waals surface area contributed by atoms with Crippen LogP contribution >= 0.6 is 0 Å². The van der Waals surface area contributed by atoms with Crippen LogP contribution in [0.4, 0.5) is 15.0 Å². The van der Waals surface area contributed by atoms with Crippen LogP contribution in [0.25, 0.3) is 0 Å². The number of esters is 1. The van der Waals surface area contributed by atoms with Gasteiger partial charge in [-0.1, -0.05) is 12.1 Å². The number of urea groups is 1. The number of nitrogens with one attached hydrogen (secondary N) is 2. The van der Waals surface area contributed by atoms with E-state index in [-0.39, 0.29) is 12.4 Å². The zero-order valence-electron chi connectivity index (χ0n) is 14.4. The molecule has 134 valence electrons. The van der Waals surface area contributed by atoms with Crippen LogP contribution in [0.2, 0.25) is 0 Å². The summed E-state index contributed by atoms with van der Waals surface area (Å²) in [7, 11) is 3.01. The second kappa shape index (κ2) is 8.27. The minimum absolute atomic E-state index is 0.0900. The summed E-state index contributed by atoms with van der Waals surface area (Å²) in [6.45, 7) is 1.91. The van der Waals surface area contributed by atoms with Crippen LogP contribution < -0.4 is 10.6 Å². The van der Waals surface area contributed by atoms with Crippen molar-refractivity contribution in [2.45, 2.75) is 13.3 Å². The van der Waals surface area contributed by atoms with Gasteiger partial charge in [0.1, 0.15) is 11.6 Å². The molecule has 2 aromatic rings. The highest BCUT2D eigenvalue weighted by Crippen LogP contribution is 2.12. The number of carbonyl (C=O) groups excluding carboxylic acids is 2. The zero-order valence-corrected chi connectivity index (χ0v) is 14.4. The molecule has 0 aliphatic rings. The van der Waals surface area contributed by atoms with E-state index in [1.165, 1.54) is 19.2 Å². The maximum Gasteiger partial charge on any atom is 0.320 e. The lowest BCUT2D eigenvalue weighted by atomic mass is 9.99. The average molecular weight is 348 g/mol. The van der Waals surface area contributed by atoms with Crippen molar-refractivity contribution >= 4 is 17.8 Å². The number of aromatic nitrogens is 2. The molecule has 25 heavy (non-hydrogen) atoms. The highest BCUT2D eigenvalue weighted by atomic mass is 19.1. The third-order valence-electron chi connectivity index (χ3n) is 3.68. The van der Waals surface area contributed by atoms with Gasteiger partial charge >= 0.3 is 12.0 Å². The smallest absolute Gasteiger partial charge is 0.320 e. The van der Waals surface area contributed by atoms with Crippen LogP contribution in [0.3, 0.4) is 0 Å². The minimum atomic E-state index is -0.575. The number of methoxy groups -OCH3 is 1. The predicted molar refractivity (Wildman–Crippen MR) is 90.6 cm³/mol. The Hall–Kier alpha value is -2.90. The van der Waals surface area contributed by atoms with Crippen molar-refractivity contribution in [2.75, 3.05) is 19.0 Å². The lowest BCUT2D eigenvalue weighted by molar-refractivity contribution is -0.145. The van der Waals surface area contributed by atoms with Crippen molar-refractivity contribution < 1.29 is 18.7 Å². The highest BCUT2D eigenvalue weighted by Gasteiger charge is 2.21. The largest absolute Gasteiger partial charge is 0.469 e. The molecule has 0 saturated carbocycles. The van der Waals surface area contributed by atoms with Crippen molar-refractivity contribution in [2.24, 2.45) is 13.0 Å². The fraction of sp³-hybridized carbons (Fsp3) is 0.353. The number of halogens is 1. The average Bonchev–Trinajstić information content (AvgIpc) is 2.89. The Bertz CT molecular complexity index is 743. The molecule has 0 radical (unpaired) electrons. The maximum absolute atomic E-state index is 13.0. The molecule has 0 unspecified atom stereocenters. The van der Waals surface area contributed by atoms with Gasteiger partial charge in [-0.15, -0.1) is 0 Å². The van der Waals surface area contributed by atoms with E-state index in [4.69, 9.17) is 4.74 Å². The molecule has 1 atom stereocenters. The van der Waals surface area contributed by atoms with Gasteiger partial charge in [-0.2, -0.15) is 5.10 Å². The SMILES string of the molecule is COC(=O)[C@H](CNC(=O)Nc1cc(C)nn1C)Cc1ccc(F)cc1. The number of benzene rings is 1. The molecule has 7 nitrogen and oxygen atoms in total. The van der Waals surface area contributed by atoms with Gasteiger partial charge in [-0.3, -0.25) is 14.8 Å². The summed E-state index contributed by atoms with van der Waals surface area (Å²) < 4.78 is 19.3. The van der Waals surface area contributed by atoms with Crippen molar-refractivity contribution in [3.63, 3.8) is 0 Å². The van der Waals surface area contributed by atoms with E-state index < -0.39 is 17.9 Å². The van der Waals surface area contributed by atoms with E-state index in [1.807, 2.05) is 6.92 Å². The fourth-order valence-electron chi connectivity index (χ4n) is 2.41. The molecule has 0 aliphatic heterocycles. The van der Waals surface area contributed by atoms with Crippen molar-refractivity contribution in [3.05, 3.63) is 47.4 Å². The van der Waals surface area contributed by atoms with E-state index in [9.17, 15) is 14.0 Å². The summed E-state index contributed by atoms with van der Waals surface area (Å²) in [6.07, 6.45) is 0.331. The van der Waals surface area contributed by atoms with Gasteiger partial charge < -0.3 is 10.1 Å². The summed E-state index contributed by atoms with van der Waals surface area (Å²) in [5.74, 6) is -0.819. The Morgan fingerprint density at radius 1 is 1.32 bits per heavy atom. The lowest BCUT2D eigenvalue weighted by Crippen LogP contribution is -2.37. The van der Waals surface area contributed by atoms with E-state index in [2.05, 4.69) is 15.7 Å². The molecule has 8 heteroatoms. The van der Waals surface area contributed by atoms with Gasteiger partial charge in [0.2, 0.25) is 0 Å². The Labute approximate surface area is 145 Å². The van der Waals surface area contributed by atoms with E-state index in [1.54, 1.807) is 29.9 Å². The molecule has 2 N–H and O–H groups in total. The summed E-state index contributed by atoms with van der Waals surface area (Å²) in [6, 6.07) is 7.14. The second-order valence-corrected chi connectivity index (χ2v) is 5.68. The summed E-state index contributed by atoms with van der Waals surface area (Å²) in [5, 5.41) is 9.45. The molecule has 0 aliphatic carbocycles. The van der Waals surface area contributed by atoms with Crippen LogP contribution in [0.1, 0.15) is 11.3 Å². The summed E-state index contributed by atoms with van der Waals surface area (Å²) >= 11 is 0. The van der Waals surface area contributed by atoms with Gasteiger partial charge in [0.05, 0.1) is 18.7 Å². The number of rotatable bonds is 6. The quantitative estimate of drug-likeness (QED) is 0.782. The van der Waals surface area contributed by atoms with E-state index >= 15 is 0 Å². The number of carbonyl (C=O) groups is 2. The number of nitrogens with zero attached hydrogens (tertiary/aromatic N) is 2. The Morgan fingerprint density at radius 3 is 2.56 bits per heavy atom. The Kier molecular flexibility index (Phi) is 6.10. The van der Waals surface area contributed by atoms with Gasteiger partial charge in [0, 0.05) is 19.7 Å². The molecule has 1 heterocycles. The van der Waals surface area contributed by atoms with Crippen LogP contribution in [-0.2, 0) is 23.0 Å². The van der Waals surface area contributed by atoms with Crippen LogP contribution in [0, 0.1) is 18.7 Å². The normalized spacial score (nSPS) is 11.7. The standard InChI is InChI=1S/C17H21FN4O3/c1-11-8-15(22(2)21-11)20-17(24)19-10-13(16(23)25-3)9-12-4-6-14(18)7-5-12/h4-8,13H,9-10H2,1-3H3,(H2,19,20,24)/t13-/m0/s1. The maximum atomic E-state index is 13.0. The van der Waals surface area contributed by atoms with Crippen LogP contribution in [0.5, 0.6) is 0 Å². The first-order valence-electron chi connectivity index (χ1n) is 7.77. The third kappa shape index (κ3) is 5.30. The van der Waals surface area contributed by atoms with Crippen molar-refractivity contribution in [1.82, 2.24) is 15.1 Å². The molecule has 0 spiro atoms. The highest BCUT2D eigenvalue weighted by molar-refractivity contribution is 5.88. The molecule has 2 rings (SSSR count). The van der Waals surface area contributed by atoms with Crippen LogP contribution in [-0.4, -0.2) is 35.4 Å². The molecule has 0 saturated heterocycles. The van der Waals surface area contributed by atoms with Crippen molar-refractivity contribution in [1.29, 1.82) is 0 Å². The molecule has 0 bridgehead atoms. The van der Waals surface area contributed by atoms with Crippen molar-refractivity contribution in [3.8, 4) is 0 Å². The summed E-state index contributed by atoms with van der Waals surface area (Å²) in [5.41, 5.74) is 1.56. The van der Waals surface area contributed by atoms with E-state index in [0.29, 0.717) is 12.2 Å². The lowest BCUT2D eigenvalue weighted by Gasteiger charge is -2.16. The summed E-state index contributed by atoms with van der Waals surface area (Å²) in [4.78, 5) is 24.0. The molecular formula is C17H21FN4O3. The number of anilines is 1. The first kappa shape index (κ1) is 18.4. The van der Waals surface area contributed by atoms with Crippen LogP contribution in [0.15, 0.2) is 30.3 Å². The number of aryl methyl sites for hydroxylation is 2. The Balaban J connectivity index is 1.95. The number of ether oxygens (including phenoxy) is 1. The fourth-order valence-corrected chi connectivity index (χ4v) is 2.41. The predicted octanol–water partition coefficient (Wildman–Crippen LogP) is 2.02. The molecular weight excluding hydrogens is 327 g/mol. The molecule has 0 fully saturated rings. The molecule has 2 amide bonds. The third-order valence-corrected chi connectivity index (χ3v) is 3.68. The van der Waals surface area contributed by atoms with Gasteiger partial charge in [-0.05, 0) is 31.0 Å².